The fourth-order valence-electron chi connectivity index (χ4n) is 4.36. The summed E-state index contributed by atoms with van der Waals surface area (Å²) in [5.74, 6) is 5.85. The highest BCUT2D eigenvalue weighted by Crippen LogP contribution is 2.42. The molecule has 0 bridgehead atoms. The summed E-state index contributed by atoms with van der Waals surface area (Å²) >= 11 is 0. The van der Waals surface area contributed by atoms with Crippen LogP contribution in [0.5, 0.6) is 17.2 Å². The summed E-state index contributed by atoms with van der Waals surface area (Å²) in [5, 5.41) is 3.95. The van der Waals surface area contributed by atoms with Crippen LogP contribution in [0, 0.1) is 5.92 Å². The predicted molar refractivity (Wildman–Crippen MR) is 122 cm³/mol. The Kier molecular flexibility index (Phi) is 7.62. The van der Waals surface area contributed by atoms with Crippen molar-refractivity contribution in [1.29, 1.82) is 0 Å². The van der Waals surface area contributed by atoms with E-state index in [0.29, 0.717) is 36.4 Å². The lowest BCUT2D eigenvalue weighted by molar-refractivity contribution is -0.274. The molecule has 1 aliphatic heterocycles. The van der Waals surface area contributed by atoms with E-state index >= 15 is 0 Å². The smallest absolute Gasteiger partial charge is 0.468 e. The van der Waals surface area contributed by atoms with E-state index in [1.165, 1.54) is 18.3 Å². The Morgan fingerprint density at radius 2 is 1.97 bits per heavy atom. The minimum Gasteiger partial charge on any atom is -0.468 e. The van der Waals surface area contributed by atoms with Crippen molar-refractivity contribution < 1.29 is 41.7 Å². The molecule has 10 nitrogen and oxygen atoms in total. The van der Waals surface area contributed by atoms with E-state index in [-0.39, 0.29) is 31.6 Å². The zero-order valence-corrected chi connectivity index (χ0v) is 19.5. The van der Waals surface area contributed by atoms with Crippen molar-refractivity contribution in [2.45, 2.75) is 31.8 Å². The molecule has 198 valence electrons. The number of nitrogens with one attached hydrogen (secondary N) is 1. The topological polar surface area (TPSA) is 138 Å². The van der Waals surface area contributed by atoms with Crippen LogP contribution in [-0.2, 0) is 27.3 Å². The molecule has 0 saturated carbocycles. The first-order chi connectivity index (χ1) is 17.6. The van der Waals surface area contributed by atoms with Crippen molar-refractivity contribution in [2.24, 2.45) is 17.5 Å². The number of hydrogen-bond acceptors (Lipinski definition) is 9. The summed E-state index contributed by atoms with van der Waals surface area (Å²) in [7, 11) is 0. The van der Waals surface area contributed by atoms with Crippen LogP contribution in [0.2, 0.25) is 0 Å². The first kappa shape index (κ1) is 25.9. The molecule has 2 aromatic carbocycles. The Hall–Kier alpha value is -4.13. The number of hydrazine groups is 1. The van der Waals surface area contributed by atoms with E-state index in [4.69, 9.17) is 25.8 Å². The van der Waals surface area contributed by atoms with E-state index in [9.17, 15) is 22.8 Å². The van der Waals surface area contributed by atoms with Crippen molar-refractivity contribution in [3.8, 4) is 17.2 Å². The molecule has 0 aromatic heterocycles. The summed E-state index contributed by atoms with van der Waals surface area (Å²) in [4.78, 5) is 23.8. The van der Waals surface area contributed by atoms with Crippen LogP contribution >= 0.6 is 0 Å². The van der Waals surface area contributed by atoms with Gasteiger partial charge >= 0.3 is 6.36 Å². The maximum Gasteiger partial charge on any atom is 0.573 e. The maximum atomic E-state index is 13.0. The van der Waals surface area contributed by atoms with Gasteiger partial charge in [-0.25, -0.2) is 5.84 Å². The van der Waals surface area contributed by atoms with Gasteiger partial charge < -0.3 is 35.0 Å². The highest BCUT2D eigenvalue weighted by atomic mass is 19.4. The van der Waals surface area contributed by atoms with Gasteiger partial charge in [0.05, 0.1) is 19.2 Å². The average Bonchev–Trinajstić information content (AvgIpc) is 3.28. The zero-order valence-electron chi connectivity index (χ0n) is 19.5. The van der Waals surface area contributed by atoms with Crippen molar-refractivity contribution in [2.75, 3.05) is 13.4 Å². The van der Waals surface area contributed by atoms with Crippen molar-refractivity contribution >= 4 is 12.4 Å². The van der Waals surface area contributed by atoms with Crippen LogP contribution in [0.3, 0.4) is 0 Å². The number of alkyl halides is 3. The van der Waals surface area contributed by atoms with E-state index in [2.05, 4.69) is 10.1 Å². The number of rotatable bonds is 9. The number of nitrogens with two attached hydrogens (primary N) is 2. The molecular weight excluding hydrogens is 497 g/mol. The van der Waals surface area contributed by atoms with Crippen LogP contribution in [0.15, 0.2) is 48.3 Å². The number of carbonyl (C=O) groups is 2. The predicted octanol–water partition coefficient (Wildman–Crippen LogP) is 2.38. The lowest BCUT2D eigenvalue weighted by Gasteiger charge is -2.34. The second-order valence-electron chi connectivity index (χ2n) is 8.54. The average molecular weight is 522 g/mol. The number of fused-ring (bicyclic) bond motifs is 2. The third-order valence-electron chi connectivity index (χ3n) is 5.95. The van der Waals surface area contributed by atoms with E-state index < -0.39 is 24.1 Å². The van der Waals surface area contributed by atoms with Gasteiger partial charge in [-0.1, -0.05) is 12.1 Å². The summed E-state index contributed by atoms with van der Waals surface area (Å²) in [5.41, 5.74) is 7.90. The molecule has 2 unspecified atom stereocenters. The Bertz CT molecular complexity index is 1190. The van der Waals surface area contributed by atoms with E-state index in [1.54, 1.807) is 12.1 Å². The molecule has 0 saturated heterocycles. The molecule has 37 heavy (non-hydrogen) atoms. The first-order valence-corrected chi connectivity index (χ1v) is 11.2. The molecule has 5 N–H and O–H groups in total. The van der Waals surface area contributed by atoms with Crippen LogP contribution in [0.25, 0.3) is 0 Å². The van der Waals surface area contributed by atoms with Crippen LogP contribution in [-0.4, -0.2) is 37.2 Å². The molecule has 1 amide bonds. The number of hydrogen-bond donors (Lipinski definition) is 3. The molecular formula is C24H25F3N4O6. The van der Waals surface area contributed by atoms with Gasteiger partial charge in [0.1, 0.15) is 11.4 Å². The van der Waals surface area contributed by atoms with Gasteiger partial charge in [0.2, 0.25) is 6.79 Å². The normalized spacial score (nSPS) is 18.5. The number of nitrogens with zero attached hydrogens (tertiary/aromatic N) is 1. The molecule has 1 heterocycles. The van der Waals surface area contributed by atoms with Gasteiger partial charge in [-0.3, -0.25) is 9.59 Å². The SMILES string of the molecule is N/C(=C\N(N)Cc1cccc(OC(F)(F)F)c1)C(=O)NC1c2cc3c(cc2CCC1COC=O)OCO3. The monoisotopic (exact) mass is 522 g/mol. The standard InChI is InChI=1S/C24H25F3N4O6/c25-24(26,27)37-17-3-1-2-14(6-17)9-31(29)10-19(28)23(33)30-22-16(11-34-12-32)5-4-15-7-20-21(8-18(15)22)36-13-35-20/h1-3,6-8,10,12,16,22H,4-5,9,11,13,28-29H2,(H,30,33)/b19-10-. The quantitative estimate of drug-likeness (QED) is 0.196. The highest BCUT2D eigenvalue weighted by Gasteiger charge is 2.34. The Balaban J connectivity index is 1.47. The van der Waals surface area contributed by atoms with Crippen molar-refractivity contribution in [1.82, 2.24) is 10.3 Å². The van der Waals surface area contributed by atoms with E-state index in [1.807, 2.05) is 6.07 Å². The first-order valence-electron chi connectivity index (χ1n) is 11.2. The Morgan fingerprint density at radius 1 is 1.22 bits per heavy atom. The number of benzene rings is 2. The number of carbonyl (C=O) groups excluding carboxylic acids is 2. The summed E-state index contributed by atoms with van der Waals surface area (Å²) in [6.45, 7) is 0.490. The second kappa shape index (κ2) is 10.9. The molecule has 2 aliphatic rings. The summed E-state index contributed by atoms with van der Waals surface area (Å²) < 4.78 is 57.2. The Labute approximate surface area is 209 Å². The van der Waals surface area contributed by atoms with Crippen molar-refractivity contribution in [3.63, 3.8) is 0 Å². The van der Waals surface area contributed by atoms with Crippen LogP contribution in [0.4, 0.5) is 13.2 Å². The van der Waals surface area contributed by atoms with Crippen molar-refractivity contribution in [3.05, 3.63) is 65.0 Å². The lowest BCUT2D eigenvalue weighted by atomic mass is 9.79. The number of aryl methyl sites for hydroxylation is 1. The van der Waals surface area contributed by atoms with Gasteiger partial charge in [-0.2, -0.15) is 0 Å². The lowest BCUT2D eigenvalue weighted by Crippen LogP contribution is -2.40. The third kappa shape index (κ3) is 6.55. The minimum absolute atomic E-state index is 0.0470. The fourth-order valence-corrected chi connectivity index (χ4v) is 4.36. The molecule has 2 aromatic rings. The highest BCUT2D eigenvalue weighted by molar-refractivity contribution is 5.92. The zero-order chi connectivity index (χ0) is 26.6. The molecule has 2 atom stereocenters. The van der Waals surface area contributed by atoms with Gasteiger partial charge in [0.25, 0.3) is 12.4 Å². The summed E-state index contributed by atoms with van der Waals surface area (Å²) in [6, 6.07) is 8.39. The molecule has 0 fully saturated rings. The van der Waals surface area contributed by atoms with Gasteiger partial charge in [-0.15, -0.1) is 13.2 Å². The molecule has 13 heteroatoms. The van der Waals surface area contributed by atoms with Crippen LogP contribution < -0.4 is 31.1 Å². The molecule has 0 radical (unpaired) electrons. The number of amides is 1. The summed E-state index contributed by atoms with van der Waals surface area (Å²) in [6.07, 6.45) is -2.33. The van der Waals surface area contributed by atoms with Crippen LogP contribution in [0.1, 0.15) is 29.2 Å². The molecule has 1 aliphatic carbocycles. The molecule has 4 rings (SSSR count). The second-order valence-corrected chi connectivity index (χ2v) is 8.54. The molecule has 0 spiro atoms. The van der Waals surface area contributed by atoms with Gasteiger partial charge in [-0.05, 0) is 53.8 Å². The minimum atomic E-state index is -4.82. The largest absolute Gasteiger partial charge is 0.573 e. The fraction of sp³-hybridized carbons (Fsp3) is 0.333. The van der Waals surface area contributed by atoms with Gasteiger partial charge in [0, 0.05) is 12.1 Å². The van der Waals surface area contributed by atoms with Gasteiger partial charge in [0.15, 0.2) is 11.5 Å². The Morgan fingerprint density at radius 3 is 2.70 bits per heavy atom. The van der Waals surface area contributed by atoms with E-state index in [0.717, 1.165) is 22.2 Å². The number of ether oxygens (including phenoxy) is 4. The third-order valence-corrected chi connectivity index (χ3v) is 5.95. The maximum absolute atomic E-state index is 13.0. The number of halogens is 3.